The van der Waals surface area contributed by atoms with Gasteiger partial charge in [0.05, 0.1) is 17.6 Å². The fourth-order valence-corrected chi connectivity index (χ4v) is 3.21. The van der Waals surface area contributed by atoms with Crippen molar-refractivity contribution >= 4 is 28.9 Å². The maximum atomic E-state index is 12.6. The fraction of sp³-hybridized carbons (Fsp3) is 0.261. The van der Waals surface area contributed by atoms with Crippen molar-refractivity contribution in [2.75, 3.05) is 13.1 Å². The van der Waals surface area contributed by atoms with Crippen LogP contribution in [-0.2, 0) is 22.7 Å². The number of nitrogens with zero attached hydrogens (tertiary/aromatic N) is 3. The Balaban J connectivity index is 1.75. The summed E-state index contributed by atoms with van der Waals surface area (Å²) in [7, 11) is 0. The Morgan fingerprint density at radius 3 is 2.45 bits per heavy atom. The highest BCUT2D eigenvalue weighted by Crippen LogP contribution is 2.16. The van der Waals surface area contributed by atoms with Crippen LogP contribution in [0.25, 0.3) is 17.1 Å². The van der Waals surface area contributed by atoms with Gasteiger partial charge >= 0.3 is 0 Å². The zero-order chi connectivity index (χ0) is 20.6. The number of likely N-dealkylation sites (N-methyl/N-ethyl adjacent to an activating group) is 1. The molecule has 29 heavy (non-hydrogen) atoms. The van der Waals surface area contributed by atoms with Crippen molar-refractivity contribution in [1.29, 1.82) is 0 Å². The number of benzene rings is 2. The molecule has 0 atom stereocenters. The van der Waals surface area contributed by atoms with E-state index in [1.807, 2.05) is 73.0 Å². The van der Waals surface area contributed by atoms with Crippen molar-refractivity contribution in [3.05, 3.63) is 72.1 Å². The van der Waals surface area contributed by atoms with Crippen LogP contribution in [0.15, 0.2) is 60.7 Å². The molecule has 3 rings (SSSR count). The maximum absolute atomic E-state index is 12.6. The first-order valence-electron chi connectivity index (χ1n) is 9.85. The van der Waals surface area contributed by atoms with Gasteiger partial charge in [0.2, 0.25) is 11.8 Å². The normalized spacial score (nSPS) is 11.1. The van der Waals surface area contributed by atoms with Crippen LogP contribution in [0.5, 0.6) is 0 Å². The molecule has 0 spiro atoms. The molecule has 0 unspecified atom stereocenters. The minimum atomic E-state index is -0.206. The average molecular weight is 390 g/mol. The number of carbonyl (C=O) groups excluding carboxylic acids is 2. The van der Waals surface area contributed by atoms with Crippen LogP contribution in [0.2, 0.25) is 0 Å². The van der Waals surface area contributed by atoms with Gasteiger partial charge in [0.25, 0.3) is 0 Å². The second-order valence-electron chi connectivity index (χ2n) is 6.63. The SMILES string of the molecule is CCN(CC)C(=O)Cn1c(CNC(=O)/C=C\c2ccccc2)nc2ccccc21. The number of amides is 2. The molecule has 150 valence electrons. The van der Waals surface area contributed by atoms with Gasteiger partial charge in [-0.1, -0.05) is 42.5 Å². The summed E-state index contributed by atoms with van der Waals surface area (Å²) in [4.78, 5) is 31.3. The Labute approximate surface area is 170 Å². The molecule has 6 nitrogen and oxygen atoms in total. The summed E-state index contributed by atoms with van der Waals surface area (Å²) >= 11 is 0. The van der Waals surface area contributed by atoms with Crippen molar-refractivity contribution in [2.24, 2.45) is 0 Å². The van der Waals surface area contributed by atoms with E-state index in [0.717, 1.165) is 16.6 Å². The Kier molecular flexibility index (Phi) is 6.79. The van der Waals surface area contributed by atoms with Crippen LogP contribution in [0.1, 0.15) is 25.2 Å². The lowest BCUT2D eigenvalue weighted by atomic mass is 10.2. The lowest BCUT2D eigenvalue weighted by Crippen LogP contribution is -2.34. The summed E-state index contributed by atoms with van der Waals surface area (Å²) in [6.07, 6.45) is 3.27. The van der Waals surface area contributed by atoms with Crippen LogP contribution in [0, 0.1) is 0 Å². The van der Waals surface area contributed by atoms with Crippen LogP contribution in [0.3, 0.4) is 0 Å². The Hall–Kier alpha value is -3.41. The third-order valence-corrected chi connectivity index (χ3v) is 4.79. The summed E-state index contributed by atoms with van der Waals surface area (Å²) in [5.74, 6) is 0.491. The Morgan fingerprint density at radius 1 is 1.03 bits per heavy atom. The van der Waals surface area contributed by atoms with Crippen molar-refractivity contribution in [2.45, 2.75) is 26.9 Å². The number of hydrogen-bond donors (Lipinski definition) is 1. The van der Waals surface area contributed by atoms with E-state index in [-0.39, 0.29) is 24.9 Å². The highest BCUT2D eigenvalue weighted by molar-refractivity contribution is 5.91. The number of para-hydroxylation sites is 2. The van der Waals surface area contributed by atoms with Gasteiger partial charge in [0.15, 0.2) is 0 Å². The first-order chi connectivity index (χ1) is 14.1. The Morgan fingerprint density at radius 2 is 1.72 bits per heavy atom. The molecule has 1 heterocycles. The molecule has 3 aromatic rings. The zero-order valence-corrected chi connectivity index (χ0v) is 16.8. The predicted molar refractivity (Wildman–Crippen MR) is 115 cm³/mol. The lowest BCUT2D eigenvalue weighted by molar-refractivity contribution is -0.131. The van der Waals surface area contributed by atoms with Gasteiger partial charge in [-0.3, -0.25) is 9.59 Å². The van der Waals surface area contributed by atoms with E-state index in [0.29, 0.717) is 18.9 Å². The van der Waals surface area contributed by atoms with E-state index in [9.17, 15) is 9.59 Å². The number of carbonyl (C=O) groups is 2. The summed E-state index contributed by atoms with van der Waals surface area (Å²) in [5, 5.41) is 2.87. The Bertz CT molecular complexity index is 1000. The van der Waals surface area contributed by atoms with Gasteiger partial charge < -0.3 is 14.8 Å². The number of nitrogens with one attached hydrogen (secondary N) is 1. The lowest BCUT2D eigenvalue weighted by Gasteiger charge is -2.20. The summed E-state index contributed by atoms with van der Waals surface area (Å²) < 4.78 is 1.89. The van der Waals surface area contributed by atoms with Crippen LogP contribution in [0.4, 0.5) is 0 Å². The number of imidazole rings is 1. The molecule has 0 bridgehead atoms. The van der Waals surface area contributed by atoms with E-state index >= 15 is 0 Å². The van der Waals surface area contributed by atoms with Crippen LogP contribution >= 0.6 is 0 Å². The largest absolute Gasteiger partial charge is 0.345 e. The second kappa shape index (κ2) is 9.68. The predicted octanol–water partition coefficient (Wildman–Crippen LogP) is 3.23. The highest BCUT2D eigenvalue weighted by atomic mass is 16.2. The molecule has 6 heteroatoms. The topological polar surface area (TPSA) is 67.2 Å². The summed E-state index contributed by atoms with van der Waals surface area (Å²) in [6.45, 7) is 5.71. The van der Waals surface area contributed by atoms with Gasteiger partial charge in [-0.15, -0.1) is 0 Å². The maximum Gasteiger partial charge on any atom is 0.244 e. The van der Waals surface area contributed by atoms with E-state index in [4.69, 9.17) is 0 Å². The second-order valence-corrected chi connectivity index (χ2v) is 6.63. The molecule has 0 saturated carbocycles. The van der Waals surface area contributed by atoms with E-state index in [1.165, 1.54) is 6.08 Å². The molecule has 0 aliphatic carbocycles. The molecular weight excluding hydrogens is 364 g/mol. The molecule has 0 radical (unpaired) electrons. The molecule has 1 N–H and O–H groups in total. The van der Waals surface area contributed by atoms with Crippen LogP contribution in [-0.4, -0.2) is 39.4 Å². The molecular formula is C23H26N4O2. The van der Waals surface area contributed by atoms with E-state index in [2.05, 4.69) is 10.3 Å². The van der Waals surface area contributed by atoms with Gasteiger partial charge in [0.1, 0.15) is 12.4 Å². The zero-order valence-electron chi connectivity index (χ0n) is 16.8. The molecule has 0 aliphatic heterocycles. The number of hydrogen-bond acceptors (Lipinski definition) is 3. The number of fused-ring (bicyclic) bond motifs is 1. The van der Waals surface area contributed by atoms with Crippen LogP contribution < -0.4 is 5.32 Å². The van der Waals surface area contributed by atoms with Crippen molar-refractivity contribution < 1.29 is 9.59 Å². The molecule has 2 amide bonds. The van der Waals surface area contributed by atoms with Gasteiger partial charge in [-0.05, 0) is 37.6 Å². The third-order valence-electron chi connectivity index (χ3n) is 4.79. The fourth-order valence-electron chi connectivity index (χ4n) is 3.21. The number of rotatable bonds is 8. The average Bonchev–Trinajstić information content (AvgIpc) is 3.10. The quantitative estimate of drug-likeness (QED) is 0.601. The standard InChI is InChI=1S/C23H26N4O2/c1-3-26(4-2)23(29)17-27-20-13-9-8-12-19(20)25-21(27)16-24-22(28)15-14-18-10-6-5-7-11-18/h5-15H,3-4,16-17H2,1-2H3,(H,24,28)/b15-14-. The minimum Gasteiger partial charge on any atom is -0.345 e. The first-order valence-corrected chi connectivity index (χ1v) is 9.85. The van der Waals surface area contributed by atoms with E-state index in [1.54, 1.807) is 11.0 Å². The molecule has 1 aromatic heterocycles. The molecule has 0 fully saturated rings. The molecule has 2 aromatic carbocycles. The summed E-state index contributed by atoms with van der Waals surface area (Å²) in [6, 6.07) is 17.3. The number of aromatic nitrogens is 2. The van der Waals surface area contributed by atoms with Crippen molar-refractivity contribution in [1.82, 2.24) is 19.8 Å². The minimum absolute atomic E-state index is 0.0368. The third kappa shape index (κ3) is 5.10. The molecule has 0 aliphatic rings. The van der Waals surface area contributed by atoms with E-state index < -0.39 is 0 Å². The molecule has 0 saturated heterocycles. The summed E-state index contributed by atoms with van der Waals surface area (Å²) in [5.41, 5.74) is 2.65. The first kappa shape index (κ1) is 20.3. The highest BCUT2D eigenvalue weighted by Gasteiger charge is 2.16. The van der Waals surface area contributed by atoms with Gasteiger partial charge in [-0.25, -0.2) is 4.98 Å². The monoisotopic (exact) mass is 390 g/mol. The van der Waals surface area contributed by atoms with Gasteiger partial charge in [-0.2, -0.15) is 0 Å². The smallest absolute Gasteiger partial charge is 0.244 e. The van der Waals surface area contributed by atoms with Gasteiger partial charge in [0, 0.05) is 19.2 Å². The van der Waals surface area contributed by atoms with Crippen molar-refractivity contribution in [3.8, 4) is 0 Å². The van der Waals surface area contributed by atoms with Crippen molar-refractivity contribution in [3.63, 3.8) is 0 Å².